The molecule has 0 radical (unpaired) electrons. The average Bonchev–Trinajstić information content (AvgIpc) is 2.78. The van der Waals surface area contributed by atoms with Crippen LogP contribution in [-0.2, 0) is 16.2 Å². The van der Waals surface area contributed by atoms with Crippen molar-refractivity contribution in [3.63, 3.8) is 0 Å². The summed E-state index contributed by atoms with van der Waals surface area (Å²) in [6.07, 6.45) is -0.712. The molecule has 30 heavy (non-hydrogen) atoms. The number of carboxylic acids is 1. The molecule has 0 unspecified atom stereocenters. The maximum absolute atomic E-state index is 12.1. The van der Waals surface area contributed by atoms with Crippen LogP contribution in [0, 0.1) is 11.3 Å². The Morgan fingerprint density at radius 1 is 0.900 bits per heavy atom. The molecule has 3 rings (SSSR count). The molecule has 148 valence electrons. The molecular weight excluding hydrogens is 382 g/mol. The number of Topliss-reactive ketones (excluding diaryl/α,β-unsaturated/α-hetero) is 2. The number of benzene rings is 3. The Hall–Kier alpha value is -4.24. The normalized spacial score (nSPS) is 10.1. The van der Waals surface area contributed by atoms with Gasteiger partial charge in [0.05, 0.1) is 18.1 Å². The zero-order valence-corrected chi connectivity index (χ0v) is 15.9. The van der Waals surface area contributed by atoms with E-state index in [2.05, 4.69) is 6.07 Å². The first-order valence-electron chi connectivity index (χ1n) is 9.08. The number of carbonyl (C=O) groups is 3. The topological polar surface area (TPSA) is 104 Å². The van der Waals surface area contributed by atoms with Gasteiger partial charge in [0.2, 0.25) is 5.78 Å². The highest BCUT2D eigenvalue weighted by atomic mass is 16.5. The molecule has 0 aliphatic rings. The molecule has 0 saturated carbocycles. The van der Waals surface area contributed by atoms with Crippen LogP contribution in [0.5, 0.6) is 5.75 Å². The maximum Gasteiger partial charge on any atom is 0.372 e. The lowest BCUT2D eigenvalue weighted by Gasteiger charge is -2.11. The third kappa shape index (κ3) is 4.97. The second-order valence-electron chi connectivity index (χ2n) is 6.49. The average molecular weight is 399 g/mol. The van der Waals surface area contributed by atoms with E-state index in [1.165, 1.54) is 12.1 Å². The third-order valence-electron chi connectivity index (χ3n) is 4.44. The van der Waals surface area contributed by atoms with Gasteiger partial charge in [0.1, 0.15) is 12.4 Å². The van der Waals surface area contributed by atoms with Crippen molar-refractivity contribution in [3.8, 4) is 22.9 Å². The van der Waals surface area contributed by atoms with E-state index in [0.717, 1.165) is 11.1 Å². The minimum atomic E-state index is -1.64. The van der Waals surface area contributed by atoms with Gasteiger partial charge in [-0.05, 0) is 35.4 Å². The first-order chi connectivity index (χ1) is 14.5. The Kier molecular flexibility index (Phi) is 6.36. The number of nitrogens with zero attached hydrogens (tertiary/aromatic N) is 1. The minimum Gasteiger partial charge on any atom is -0.489 e. The highest BCUT2D eigenvalue weighted by Crippen LogP contribution is 2.24. The van der Waals surface area contributed by atoms with Crippen molar-refractivity contribution in [2.24, 2.45) is 0 Å². The van der Waals surface area contributed by atoms with Gasteiger partial charge in [-0.25, -0.2) is 4.79 Å². The summed E-state index contributed by atoms with van der Waals surface area (Å²) in [4.78, 5) is 34.0. The van der Waals surface area contributed by atoms with E-state index in [0.29, 0.717) is 16.9 Å². The number of ketones is 2. The molecule has 0 atom stereocenters. The van der Waals surface area contributed by atoms with E-state index in [-0.39, 0.29) is 12.2 Å². The zero-order valence-electron chi connectivity index (χ0n) is 15.9. The van der Waals surface area contributed by atoms with E-state index in [1.54, 1.807) is 18.2 Å². The van der Waals surface area contributed by atoms with Crippen LogP contribution in [0.15, 0.2) is 72.8 Å². The Labute approximate surface area is 173 Å². The van der Waals surface area contributed by atoms with Gasteiger partial charge >= 0.3 is 5.97 Å². The highest BCUT2D eigenvalue weighted by molar-refractivity contribution is 6.37. The molecular formula is C24H17NO5. The molecule has 0 amide bonds. The number of ether oxygens (including phenoxy) is 1. The predicted octanol–water partition coefficient (Wildman–Crippen LogP) is 4.03. The molecule has 6 nitrogen and oxygen atoms in total. The van der Waals surface area contributed by atoms with Crippen LogP contribution >= 0.6 is 0 Å². The SMILES string of the molecule is N#Cc1ccc(-c2ccccc2)cc1COc1cccc(C(=O)CC(=O)C(=O)O)c1. The second kappa shape index (κ2) is 9.30. The van der Waals surface area contributed by atoms with Crippen LogP contribution in [0.2, 0.25) is 0 Å². The third-order valence-corrected chi connectivity index (χ3v) is 4.44. The van der Waals surface area contributed by atoms with E-state index in [4.69, 9.17) is 9.84 Å². The van der Waals surface area contributed by atoms with Gasteiger partial charge in [-0.1, -0.05) is 48.5 Å². The van der Waals surface area contributed by atoms with Crippen LogP contribution in [-0.4, -0.2) is 22.6 Å². The van der Waals surface area contributed by atoms with Gasteiger partial charge in [0, 0.05) is 11.1 Å². The van der Waals surface area contributed by atoms with Crippen molar-refractivity contribution in [1.29, 1.82) is 5.26 Å². The van der Waals surface area contributed by atoms with Crippen molar-refractivity contribution in [2.75, 3.05) is 0 Å². The number of aliphatic carboxylic acids is 1. The van der Waals surface area contributed by atoms with Crippen LogP contribution in [0.3, 0.4) is 0 Å². The molecule has 0 aliphatic heterocycles. The van der Waals surface area contributed by atoms with Crippen molar-refractivity contribution in [1.82, 2.24) is 0 Å². The van der Waals surface area contributed by atoms with Crippen LogP contribution in [0.1, 0.15) is 27.9 Å². The largest absolute Gasteiger partial charge is 0.489 e. The van der Waals surface area contributed by atoms with Gasteiger partial charge in [-0.15, -0.1) is 0 Å². The lowest BCUT2D eigenvalue weighted by molar-refractivity contribution is -0.148. The molecule has 3 aromatic rings. The minimum absolute atomic E-state index is 0.106. The fraction of sp³-hybridized carbons (Fsp3) is 0.0833. The quantitative estimate of drug-likeness (QED) is 0.348. The van der Waals surface area contributed by atoms with Gasteiger partial charge in [-0.3, -0.25) is 9.59 Å². The molecule has 0 fully saturated rings. The Bertz CT molecular complexity index is 1150. The summed E-state index contributed by atoms with van der Waals surface area (Å²) in [5, 5.41) is 18.0. The molecule has 0 bridgehead atoms. The van der Waals surface area contributed by atoms with Crippen molar-refractivity contribution in [3.05, 3.63) is 89.5 Å². The number of nitriles is 1. The van der Waals surface area contributed by atoms with Crippen molar-refractivity contribution >= 4 is 17.5 Å². The zero-order chi connectivity index (χ0) is 21.5. The fourth-order valence-electron chi connectivity index (χ4n) is 2.88. The molecule has 1 N–H and O–H groups in total. The fourth-order valence-corrected chi connectivity index (χ4v) is 2.88. The number of carboxylic acid groups (broad SMARTS) is 1. The van der Waals surface area contributed by atoms with Gasteiger partial charge in [0.25, 0.3) is 0 Å². The predicted molar refractivity (Wildman–Crippen MR) is 109 cm³/mol. The molecule has 6 heteroatoms. The van der Waals surface area contributed by atoms with Gasteiger partial charge in [-0.2, -0.15) is 5.26 Å². The van der Waals surface area contributed by atoms with E-state index < -0.39 is 24.0 Å². The van der Waals surface area contributed by atoms with E-state index in [9.17, 15) is 19.6 Å². The summed E-state index contributed by atoms with van der Waals surface area (Å²) >= 11 is 0. The maximum atomic E-state index is 12.1. The monoisotopic (exact) mass is 399 g/mol. The van der Waals surface area contributed by atoms with Crippen LogP contribution in [0.4, 0.5) is 0 Å². The summed E-state index contributed by atoms with van der Waals surface area (Å²) in [6.45, 7) is 0.106. The van der Waals surface area contributed by atoms with E-state index in [1.807, 2.05) is 42.5 Å². The summed E-state index contributed by atoms with van der Waals surface area (Å²) in [6, 6.07) is 23.5. The summed E-state index contributed by atoms with van der Waals surface area (Å²) < 4.78 is 5.76. The van der Waals surface area contributed by atoms with Crippen molar-refractivity contribution in [2.45, 2.75) is 13.0 Å². The lowest BCUT2D eigenvalue weighted by atomic mass is 10.00. The smallest absolute Gasteiger partial charge is 0.372 e. The number of hydrogen-bond acceptors (Lipinski definition) is 5. The molecule has 0 heterocycles. The van der Waals surface area contributed by atoms with Crippen LogP contribution < -0.4 is 4.74 Å². The summed E-state index contributed by atoms with van der Waals surface area (Å²) in [5.74, 6) is -3.03. The summed E-state index contributed by atoms with van der Waals surface area (Å²) in [7, 11) is 0. The Morgan fingerprint density at radius 2 is 1.67 bits per heavy atom. The Morgan fingerprint density at radius 3 is 2.37 bits per heavy atom. The molecule has 0 aromatic heterocycles. The van der Waals surface area contributed by atoms with Crippen LogP contribution in [0.25, 0.3) is 11.1 Å². The number of carbonyl (C=O) groups excluding carboxylic acids is 2. The number of rotatable bonds is 8. The highest BCUT2D eigenvalue weighted by Gasteiger charge is 2.18. The van der Waals surface area contributed by atoms with Gasteiger partial charge < -0.3 is 9.84 Å². The first kappa shape index (κ1) is 20.5. The standard InChI is InChI=1S/C24H17NO5/c25-14-19-10-9-17(16-5-2-1-3-6-16)11-20(19)15-30-21-8-4-7-18(12-21)22(26)13-23(27)24(28)29/h1-12H,13,15H2,(H,28,29). The molecule has 0 aliphatic carbocycles. The van der Waals surface area contributed by atoms with E-state index >= 15 is 0 Å². The molecule has 0 saturated heterocycles. The number of hydrogen-bond donors (Lipinski definition) is 1. The first-order valence-corrected chi connectivity index (χ1v) is 9.08. The lowest BCUT2D eigenvalue weighted by Crippen LogP contribution is -2.17. The van der Waals surface area contributed by atoms with Crippen molar-refractivity contribution < 1.29 is 24.2 Å². The second-order valence-corrected chi connectivity index (χ2v) is 6.49. The van der Waals surface area contributed by atoms with Gasteiger partial charge in [0.15, 0.2) is 5.78 Å². The Balaban J connectivity index is 1.77. The summed E-state index contributed by atoms with van der Waals surface area (Å²) in [5.41, 5.74) is 3.31. The molecule has 3 aromatic carbocycles. The molecule has 0 spiro atoms.